The lowest BCUT2D eigenvalue weighted by atomic mass is 10.1. The normalized spacial score (nSPS) is 14.6. The van der Waals surface area contributed by atoms with Gasteiger partial charge in [-0.1, -0.05) is 30.3 Å². The number of nitrogens with two attached hydrogens (primary N) is 1. The highest BCUT2D eigenvalue weighted by Gasteiger charge is 2.28. The van der Waals surface area contributed by atoms with Crippen molar-refractivity contribution in [2.75, 3.05) is 19.8 Å². The van der Waals surface area contributed by atoms with E-state index in [1.807, 2.05) is 42.5 Å². The monoisotopic (exact) mass is 340 g/mol. The van der Waals surface area contributed by atoms with E-state index in [0.717, 1.165) is 18.6 Å². The molecule has 0 aliphatic heterocycles. The van der Waals surface area contributed by atoms with Gasteiger partial charge in [-0.2, -0.15) is 0 Å². The summed E-state index contributed by atoms with van der Waals surface area (Å²) >= 11 is 0. The third kappa shape index (κ3) is 5.22. The molecular formula is C20H24N2O3. The minimum absolute atomic E-state index is 0.0382. The Kier molecular flexibility index (Phi) is 5.90. The first-order valence-electron chi connectivity index (χ1n) is 8.67. The zero-order chi connectivity index (χ0) is 17.5. The Morgan fingerprint density at radius 1 is 1.04 bits per heavy atom. The molecule has 132 valence electrons. The minimum Gasteiger partial charge on any atom is -0.490 e. The second-order valence-corrected chi connectivity index (χ2v) is 6.22. The van der Waals surface area contributed by atoms with E-state index in [9.17, 15) is 4.79 Å². The second kappa shape index (κ2) is 8.53. The van der Waals surface area contributed by atoms with Gasteiger partial charge < -0.3 is 20.5 Å². The molecule has 3 N–H and O–H groups in total. The first kappa shape index (κ1) is 17.3. The summed E-state index contributed by atoms with van der Waals surface area (Å²) in [6.07, 6.45) is 2.33. The van der Waals surface area contributed by atoms with E-state index in [2.05, 4.69) is 5.32 Å². The Hall–Kier alpha value is -2.53. The van der Waals surface area contributed by atoms with E-state index < -0.39 is 0 Å². The number of para-hydroxylation sites is 2. The Labute approximate surface area is 148 Å². The molecule has 1 fully saturated rings. The molecule has 0 saturated heterocycles. The van der Waals surface area contributed by atoms with Crippen LogP contribution in [-0.2, 0) is 0 Å². The number of carbonyl (C=O) groups excluding carboxylic acids is 1. The van der Waals surface area contributed by atoms with Crippen LogP contribution in [0, 0.1) is 5.92 Å². The Balaban J connectivity index is 1.48. The lowest BCUT2D eigenvalue weighted by Gasteiger charge is -2.14. The van der Waals surface area contributed by atoms with Crippen LogP contribution in [0.5, 0.6) is 11.5 Å². The highest BCUT2D eigenvalue weighted by atomic mass is 16.5. The summed E-state index contributed by atoms with van der Waals surface area (Å²) in [6, 6.07) is 16.8. The third-order valence-corrected chi connectivity index (χ3v) is 4.21. The standard InChI is InChI=1S/C20H24N2O3/c21-18(15-10-11-15)14-22-20(23)17-8-4-5-9-19(17)25-13-12-24-16-6-2-1-3-7-16/h1-9,15,18H,10-14,21H2,(H,22,23). The highest BCUT2D eigenvalue weighted by molar-refractivity contribution is 5.96. The summed E-state index contributed by atoms with van der Waals surface area (Å²) in [5.41, 5.74) is 6.55. The van der Waals surface area contributed by atoms with Crippen LogP contribution >= 0.6 is 0 Å². The van der Waals surface area contributed by atoms with Crippen molar-refractivity contribution in [2.45, 2.75) is 18.9 Å². The Morgan fingerprint density at radius 2 is 1.72 bits per heavy atom. The van der Waals surface area contributed by atoms with Crippen LogP contribution < -0.4 is 20.5 Å². The fraction of sp³-hybridized carbons (Fsp3) is 0.350. The Morgan fingerprint density at radius 3 is 2.48 bits per heavy atom. The van der Waals surface area contributed by atoms with E-state index in [0.29, 0.717) is 37.0 Å². The molecule has 25 heavy (non-hydrogen) atoms. The molecule has 3 rings (SSSR count). The van der Waals surface area contributed by atoms with Gasteiger partial charge in [0, 0.05) is 12.6 Å². The molecule has 1 aliphatic carbocycles. The molecule has 5 nitrogen and oxygen atoms in total. The van der Waals surface area contributed by atoms with E-state index in [4.69, 9.17) is 15.2 Å². The number of amides is 1. The quantitative estimate of drug-likeness (QED) is 0.688. The number of carbonyl (C=O) groups is 1. The Bertz CT molecular complexity index is 686. The van der Waals surface area contributed by atoms with Crippen LogP contribution in [0.4, 0.5) is 0 Å². The number of benzene rings is 2. The largest absolute Gasteiger partial charge is 0.490 e. The van der Waals surface area contributed by atoms with E-state index in [-0.39, 0.29) is 11.9 Å². The van der Waals surface area contributed by atoms with Crippen LogP contribution in [0.15, 0.2) is 54.6 Å². The maximum absolute atomic E-state index is 12.4. The van der Waals surface area contributed by atoms with E-state index >= 15 is 0 Å². The van der Waals surface area contributed by atoms with Crippen molar-refractivity contribution in [3.05, 3.63) is 60.2 Å². The van der Waals surface area contributed by atoms with E-state index in [1.54, 1.807) is 12.1 Å². The van der Waals surface area contributed by atoms with Crippen LogP contribution in [0.25, 0.3) is 0 Å². The van der Waals surface area contributed by atoms with Gasteiger partial charge in [0.1, 0.15) is 24.7 Å². The van der Waals surface area contributed by atoms with Crippen molar-refractivity contribution < 1.29 is 14.3 Å². The van der Waals surface area contributed by atoms with Crippen molar-refractivity contribution in [1.82, 2.24) is 5.32 Å². The summed E-state index contributed by atoms with van der Waals surface area (Å²) < 4.78 is 11.3. The van der Waals surface area contributed by atoms with Gasteiger partial charge in [0.15, 0.2) is 0 Å². The molecule has 1 unspecified atom stereocenters. The molecule has 0 spiro atoms. The third-order valence-electron chi connectivity index (χ3n) is 4.21. The van der Waals surface area contributed by atoms with Crippen molar-refractivity contribution in [2.24, 2.45) is 11.7 Å². The SMILES string of the molecule is NC(CNC(=O)c1ccccc1OCCOc1ccccc1)C1CC1. The lowest BCUT2D eigenvalue weighted by molar-refractivity contribution is 0.0945. The van der Waals surface area contributed by atoms with Gasteiger partial charge >= 0.3 is 0 Å². The van der Waals surface area contributed by atoms with Gasteiger partial charge in [0.25, 0.3) is 5.91 Å². The van der Waals surface area contributed by atoms with Gasteiger partial charge in [-0.05, 0) is 43.0 Å². The predicted molar refractivity (Wildman–Crippen MR) is 96.9 cm³/mol. The molecule has 0 radical (unpaired) electrons. The molecular weight excluding hydrogens is 316 g/mol. The number of hydrogen-bond acceptors (Lipinski definition) is 4. The van der Waals surface area contributed by atoms with E-state index in [1.165, 1.54) is 0 Å². The first-order valence-corrected chi connectivity index (χ1v) is 8.67. The van der Waals surface area contributed by atoms with Gasteiger partial charge in [0.05, 0.1) is 5.56 Å². The molecule has 1 aliphatic rings. The summed E-state index contributed by atoms with van der Waals surface area (Å²) in [4.78, 5) is 12.4. The zero-order valence-corrected chi connectivity index (χ0v) is 14.2. The molecule has 1 atom stereocenters. The molecule has 2 aromatic rings. The molecule has 5 heteroatoms. The molecule has 1 saturated carbocycles. The van der Waals surface area contributed by atoms with Gasteiger partial charge in [-0.15, -0.1) is 0 Å². The summed E-state index contributed by atoms with van der Waals surface area (Å²) in [6.45, 7) is 1.27. The lowest BCUT2D eigenvalue weighted by Crippen LogP contribution is -2.38. The molecule has 0 aromatic heterocycles. The van der Waals surface area contributed by atoms with Crippen LogP contribution in [0.3, 0.4) is 0 Å². The minimum atomic E-state index is -0.157. The molecule has 2 aromatic carbocycles. The second-order valence-electron chi connectivity index (χ2n) is 6.22. The topological polar surface area (TPSA) is 73.6 Å². The molecule has 0 bridgehead atoms. The van der Waals surface area contributed by atoms with Crippen molar-refractivity contribution in [1.29, 1.82) is 0 Å². The summed E-state index contributed by atoms with van der Waals surface area (Å²) in [5, 5.41) is 2.90. The average Bonchev–Trinajstić information content (AvgIpc) is 3.49. The maximum atomic E-state index is 12.4. The molecule has 0 heterocycles. The van der Waals surface area contributed by atoms with Crippen LogP contribution in [-0.4, -0.2) is 31.7 Å². The first-order chi connectivity index (χ1) is 12.2. The zero-order valence-electron chi connectivity index (χ0n) is 14.2. The smallest absolute Gasteiger partial charge is 0.255 e. The van der Waals surface area contributed by atoms with Crippen molar-refractivity contribution in [3.8, 4) is 11.5 Å². The summed E-state index contributed by atoms with van der Waals surface area (Å²) in [7, 11) is 0. The number of hydrogen-bond donors (Lipinski definition) is 2. The summed E-state index contributed by atoms with van der Waals surface area (Å²) in [5.74, 6) is 1.75. The van der Waals surface area contributed by atoms with Gasteiger partial charge in [-0.25, -0.2) is 0 Å². The van der Waals surface area contributed by atoms with Gasteiger partial charge in [-0.3, -0.25) is 4.79 Å². The number of rotatable bonds is 9. The maximum Gasteiger partial charge on any atom is 0.255 e. The number of nitrogens with one attached hydrogen (secondary N) is 1. The molecule has 1 amide bonds. The van der Waals surface area contributed by atoms with Crippen LogP contribution in [0.1, 0.15) is 23.2 Å². The van der Waals surface area contributed by atoms with Crippen molar-refractivity contribution in [3.63, 3.8) is 0 Å². The van der Waals surface area contributed by atoms with Crippen molar-refractivity contribution >= 4 is 5.91 Å². The average molecular weight is 340 g/mol. The number of ether oxygens (including phenoxy) is 2. The predicted octanol–water partition coefficient (Wildman–Crippen LogP) is 2.61. The fourth-order valence-electron chi connectivity index (χ4n) is 2.60. The van der Waals surface area contributed by atoms with Gasteiger partial charge in [0.2, 0.25) is 0 Å². The van der Waals surface area contributed by atoms with Crippen LogP contribution in [0.2, 0.25) is 0 Å². The highest BCUT2D eigenvalue weighted by Crippen LogP contribution is 2.31. The fourth-order valence-corrected chi connectivity index (χ4v) is 2.60.